The highest BCUT2D eigenvalue weighted by molar-refractivity contribution is 5.94. The van der Waals surface area contributed by atoms with Gasteiger partial charge in [0.1, 0.15) is 0 Å². The zero-order valence-electron chi connectivity index (χ0n) is 11.9. The van der Waals surface area contributed by atoms with E-state index in [2.05, 4.69) is 16.0 Å². The molecule has 0 unspecified atom stereocenters. The third kappa shape index (κ3) is 7.11. The lowest BCUT2D eigenvalue weighted by molar-refractivity contribution is -0.119. The first-order valence-electron chi connectivity index (χ1n) is 6.39. The SMILES string of the molecule is CNCCCNC(=O)c1ccc(CNC(C)=O)cc1.Cl. The Morgan fingerprint density at radius 3 is 2.25 bits per heavy atom. The number of carbonyl (C=O) groups excluding carboxylic acids is 2. The van der Waals surface area contributed by atoms with E-state index < -0.39 is 0 Å². The summed E-state index contributed by atoms with van der Waals surface area (Å²) in [5.74, 6) is -0.131. The normalized spacial score (nSPS) is 9.50. The van der Waals surface area contributed by atoms with Crippen LogP contribution in [0.25, 0.3) is 0 Å². The third-order valence-corrected chi connectivity index (χ3v) is 2.65. The molecule has 0 radical (unpaired) electrons. The number of amides is 2. The van der Waals surface area contributed by atoms with Crippen LogP contribution >= 0.6 is 12.4 Å². The summed E-state index contributed by atoms with van der Waals surface area (Å²) in [6.45, 7) is 3.51. The smallest absolute Gasteiger partial charge is 0.251 e. The minimum Gasteiger partial charge on any atom is -0.352 e. The van der Waals surface area contributed by atoms with Gasteiger partial charge in [-0.05, 0) is 37.7 Å². The molecule has 0 aromatic heterocycles. The number of nitrogens with one attached hydrogen (secondary N) is 3. The highest BCUT2D eigenvalue weighted by Crippen LogP contribution is 2.04. The Morgan fingerprint density at radius 2 is 1.70 bits per heavy atom. The number of carbonyl (C=O) groups is 2. The number of hydrogen-bond donors (Lipinski definition) is 3. The first kappa shape index (κ1) is 18.4. The Bertz CT molecular complexity index is 421. The Labute approximate surface area is 125 Å². The molecule has 20 heavy (non-hydrogen) atoms. The van der Waals surface area contributed by atoms with Crippen molar-refractivity contribution in [3.05, 3.63) is 35.4 Å². The maximum Gasteiger partial charge on any atom is 0.251 e. The van der Waals surface area contributed by atoms with Gasteiger partial charge in [-0.15, -0.1) is 12.4 Å². The zero-order valence-corrected chi connectivity index (χ0v) is 12.7. The summed E-state index contributed by atoms with van der Waals surface area (Å²) >= 11 is 0. The second-order valence-electron chi connectivity index (χ2n) is 4.32. The first-order chi connectivity index (χ1) is 9.13. The molecule has 1 aromatic carbocycles. The molecule has 0 fully saturated rings. The van der Waals surface area contributed by atoms with Gasteiger partial charge in [-0.2, -0.15) is 0 Å². The van der Waals surface area contributed by atoms with E-state index in [1.54, 1.807) is 12.1 Å². The van der Waals surface area contributed by atoms with Crippen molar-refractivity contribution in [3.8, 4) is 0 Å². The fraction of sp³-hybridized carbons (Fsp3) is 0.429. The van der Waals surface area contributed by atoms with Gasteiger partial charge in [0, 0.05) is 25.6 Å². The van der Waals surface area contributed by atoms with Gasteiger partial charge in [0.15, 0.2) is 0 Å². The van der Waals surface area contributed by atoms with Crippen LogP contribution in [0.1, 0.15) is 29.3 Å². The molecular weight excluding hydrogens is 278 g/mol. The predicted octanol–water partition coefficient (Wildman–Crippen LogP) is 1.08. The fourth-order valence-corrected chi connectivity index (χ4v) is 1.57. The van der Waals surface area contributed by atoms with Gasteiger partial charge < -0.3 is 16.0 Å². The largest absolute Gasteiger partial charge is 0.352 e. The quantitative estimate of drug-likeness (QED) is 0.660. The van der Waals surface area contributed by atoms with Crippen molar-refractivity contribution in [3.63, 3.8) is 0 Å². The lowest BCUT2D eigenvalue weighted by Gasteiger charge is -2.06. The standard InChI is InChI=1S/C14H21N3O2.ClH/c1-11(18)17-10-12-4-6-13(7-5-12)14(19)16-9-3-8-15-2;/h4-7,15H,3,8-10H2,1-2H3,(H,16,19)(H,17,18);1H. The van der Waals surface area contributed by atoms with Crippen LogP contribution in [-0.4, -0.2) is 32.0 Å². The first-order valence-corrected chi connectivity index (χ1v) is 6.39. The Balaban J connectivity index is 0.00000361. The van der Waals surface area contributed by atoms with E-state index >= 15 is 0 Å². The molecule has 3 N–H and O–H groups in total. The number of benzene rings is 1. The summed E-state index contributed by atoms with van der Waals surface area (Å²) < 4.78 is 0. The second kappa shape index (κ2) is 10.2. The van der Waals surface area contributed by atoms with Crippen molar-refractivity contribution < 1.29 is 9.59 Å². The lowest BCUT2D eigenvalue weighted by atomic mass is 10.1. The Kier molecular flexibility index (Phi) is 9.41. The van der Waals surface area contributed by atoms with Crippen LogP contribution in [0.3, 0.4) is 0 Å². The van der Waals surface area contributed by atoms with Gasteiger partial charge in [0.25, 0.3) is 5.91 Å². The predicted molar refractivity (Wildman–Crippen MR) is 82.1 cm³/mol. The highest BCUT2D eigenvalue weighted by atomic mass is 35.5. The molecular formula is C14H22ClN3O2. The van der Waals surface area contributed by atoms with Crippen LogP contribution in [0.15, 0.2) is 24.3 Å². The number of rotatable bonds is 7. The minimum atomic E-state index is -0.0674. The van der Waals surface area contributed by atoms with E-state index in [-0.39, 0.29) is 24.2 Å². The molecule has 1 rings (SSSR count). The highest BCUT2D eigenvalue weighted by Gasteiger charge is 2.04. The molecule has 0 saturated carbocycles. The summed E-state index contributed by atoms with van der Waals surface area (Å²) in [6.07, 6.45) is 0.906. The number of hydrogen-bond acceptors (Lipinski definition) is 3. The summed E-state index contributed by atoms with van der Waals surface area (Å²) in [6, 6.07) is 7.23. The summed E-state index contributed by atoms with van der Waals surface area (Å²) in [5, 5.41) is 8.59. The molecule has 2 amide bonds. The average molecular weight is 300 g/mol. The van der Waals surface area contributed by atoms with Crippen LogP contribution in [0, 0.1) is 0 Å². The van der Waals surface area contributed by atoms with E-state index in [9.17, 15) is 9.59 Å². The molecule has 0 spiro atoms. The van der Waals surface area contributed by atoms with Gasteiger partial charge in [-0.25, -0.2) is 0 Å². The van der Waals surface area contributed by atoms with Crippen LogP contribution in [0.5, 0.6) is 0 Å². The number of halogens is 1. The van der Waals surface area contributed by atoms with Crippen LogP contribution in [-0.2, 0) is 11.3 Å². The molecule has 0 atom stereocenters. The maximum absolute atomic E-state index is 11.8. The third-order valence-electron chi connectivity index (χ3n) is 2.65. The summed E-state index contributed by atoms with van der Waals surface area (Å²) in [4.78, 5) is 22.6. The van der Waals surface area contributed by atoms with Crippen molar-refractivity contribution >= 4 is 24.2 Å². The van der Waals surface area contributed by atoms with Crippen molar-refractivity contribution in [2.45, 2.75) is 19.9 Å². The molecule has 0 aliphatic carbocycles. The topological polar surface area (TPSA) is 70.2 Å². The molecule has 0 saturated heterocycles. The zero-order chi connectivity index (χ0) is 14.1. The van der Waals surface area contributed by atoms with Gasteiger partial charge in [-0.1, -0.05) is 12.1 Å². The van der Waals surface area contributed by atoms with Gasteiger partial charge in [0.05, 0.1) is 0 Å². The second-order valence-corrected chi connectivity index (χ2v) is 4.32. The molecule has 0 heterocycles. The van der Waals surface area contributed by atoms with E-state index in [1.807, 2.05) is 19.2 Å². The molecule has 1 aromatic rings. The minimum absolute atomic E-state index is 0. The van der Waals surface area contributed by atoms with Gasteiger partial charge in [-0.3, -0.25) is 9.59 Å². The molecule has 0 aliphatic rings. The van der Waals surface area contributed by atoms with Crippen LogP contribution < -0.4 is 16.0 Å². The monoisotopic (exact) mass is 299 g/mol. The molecule has 0 aliphatic heterocycles. The van der Waals surface area contributed by atoms with Crippen LogP contribution in [0.4, 0.5) is 0 Å². The maximum atomic E-state index is 11.8. The van der Waals surface area contributed by atoms with Crippen molar-refractivity contribution in [1.82, 2.24) is 16.0 Å². The Morgan fingerprint density at radius 1 is 1.05 bits per heavy atom. The summed E-state index contributed by atoms with van der Waals surface area (Å²) in [5.41, 5.74) is 1.61. The van der Waals surface area contributed by atoms with Gasteiger partial charge in [0.2, 0.25) is 5.91 Å². The fourth-order valence-electron chi connectivity index (χ4n) is 1.57. The van der Waals surface area contributed by atoms with E-state index in [1.165, 1.54) is 6.92 Å². The Hall–Kier alpha value is -1.59. The van der Waals surface area contributed by atoms with Crippen molar-refractivity contribution in [2.24, 2.45) is 0 Å². The van der Waals surface area contributed by atoms with Crippen LogP contribution in [0.2, 0.25) is 0 Å². The van der Waals surface area contributed by atoms with E-state index in [4.69, 9.17) is 0 Å². The van der Waals surface area contributed by atoms with Crippen molar-refractivity contribution in [1.29, 1.82) is 0 Å². The van der Waals surface area contributed by atoms with Gasteiger partial charge >= 0.3 is 0 Å². The van der Waals surface area contributed by atoms with E-state index in [0.29, 0.717) is 18.7 Å². The summed E-state index contributed by atoms with van der Waals surface area (Å²) in [7, 11) is 1.88. The molecule has 0 bridgehead atoms. The molecule has 6 heteroatoms. The van der Waals surface area contributed by atoms with E-state index in [0.717, 1.165) is 18.5 Å². The van der Waals surface area contributed by atoms with Crippen molar-refractivity contribution in [2.75, 3.05) is 20.1 Å². The molecule has 112 valence electrons. The average Bonchev–Trinajstić information content (AvgIpc) is 2.41. The lowest BCUT2D eigenvalue weighted by Crippen LogP contribution is -2.26. The molecule has 5 nitrogen and oxygen atoms in total.